The highest BCUT2D eigenvalue weighted by atomic mass is 16.7. The van der Waals surface area contributed by atoms with Gasteiger partial charge in [-0.25, -0.2) is 4.79 Å². The summed E-state index contributed by atoms with van der Waals surface area (Å²) in [6.07, 6.45) is 3.44. The van der Waals surface area contributed by atoms with E-state index in [2.05, 4.69) is 6.92 Å². The van der Waals surface area contributed by atoms with Crippen LogP contribution < -0.4 is 0 Å². The molecule has 1 aliphatic heterocycles. The maximum Gasteiger partial charge on any atom is 0.341 e. The molecule has 1 atom stereocenters. The molecule has 0 aromatic heterocycles. The Kier molecular flexibility index (Phi) is 3.66. The minimum absolute atomic E-state index is 0.101. The van der Waals surface area contributed by atoms with Crippen LogP contribution in [-0.2, 0) is 23.8 Å². The maximum absolute atomic E-state index is 12.3. The Morgan fingerprint density at radius 2 is 1.95 bits per heavy atom. The lowest BCUT2D eigenvalue weighted by atomic mass is 9.60. The van der Waals surface area contributed by atoms with Crippen molar-refractivity contribution in [1.29, 1.82) is 0 Å². The van der Waals surface area contributed by atoms with Crippen LogP contribution in [0.3, 0.4) is 0 Å². The molecule has 5 nitrogen and oxygen atoms in total. The molecule has 0 N–H and O–H groups in total. The van der Waals surface area contributed by atoms with E-state index in [-0.39, 0.29) is 18.0 Å². The van der Waals surface area contributed by atoms with E-state index in [1.165, 1.54) is 0 Å². The molecule has 3 aliphatic rings. The van der Waals surface area contributed by atoms with E-state index in [1.807, 2.05) is 0 Å². The second-order valence-corrected chi connectivity index (χ2v) is 6.13. The van der Waals surface area contributed by atoms with Gasteiger partial charge in [0.15, 0.2) is 11.6 Å². The van der Waals surface area contributed by atoms with Crippen molar-refractivity contribution >= 4 is 11.8 Å². The fraction of sp³-hybridized carbons (Fsp3) is 0.750. The summed E-state index contributed by atoms with van der Waals surface area (Å²) in [7, 11) is 0. The number of Topliss-reactive ketones (excluding diaryl/α,β-unsaturated/α-hetero) is 1. The molecule has 1 heterocycles. The van der Waals surface area contributed by atoms with Crippen LogP contribution in [0.25, 0.3) is 0 Å². The van der Waals surface area contributed by atoms with Crippen molar-refractivity contribution in [2.24, 2.45) is 5.41 Å². The van der Waals surface area contributed by atoms with Crippen molar-refractivity contribution in [2.45, 2.75) is 51.7 Å². The summed E-state index contributed by atoms with van der Waals surface area (Å²) in [4.78, 5) is 24.5. The van der Waals surface area contributed by atoms with Gasteiger partial charge in [-0.05, 0) is 31.8 Å². The number of hydrogen-bond donors (Lipinski definition) is 0. The topological polar surface area (TPSA) is 61.8 Å². The van der Waals surface area contributed by atoms with E-state index in [9.17, 15) is 9.59 Å². The molecule has 1 spiro atoms. The van der Waals surface area contributed by atoms with Crippen LogP contribution in [-0.4, -0.2) is 37.4 Å². The van der Waals surface area contributed by atoms with Gasteiger partial charge in [-0.2, -0.15) is 0 Å². The maximum atomic E-state index is 12.3. The molecule has 116 valence electrons. The van der Waals surface area contributed by atoms with Crippen molar-refractivity contribution in [3.8, 4) is 0 Å². The van der Waals surface area contributed by atoms with E-state index in [0.29, 0.717) is 26.1 Å². The molecule has 1 saturated carbocycles. The fourth-order valence-corrected chi connectivity index (χ4v) is 4.04. The number of ketones is 1. The molecule has 1 saturated heterocycles. The monoisotopic (exact) mass is 294 g/mol. The third-order valence-electron chi connectivity index (χ3n) is 5.11. The zero-order valence-corrected chi connectivity index (χ0v) is 12.7. The van der Waals surface area contributed by atoms with Crippen LogP contribution in [0.2, 0.25) is 0 Å². The quantitative estimate of drug-likeness (QED) is 0.577. The molecule has 0 radical (unpaired) electrons. The van der Waals surface area contributed by atoms with Gasteiger partial charge >= 0.3 is 5.97 Å². The minimum atomic E-state index is -0.668. The predicted molar refractivity (Wildman–Crippen MR) is 74.5 cm³/mol. The van der Waals surface area contributed by atoms with Crippen molar-refractivity contribution < 1.29 is 23.8 Å². The molecule has 3 rings (SSSR count). The number of hydrogen-bond acceptors (Lipinski definition) is 5. The Bertz CT molecular complexity index is 501. The normalized spacial score (nSPS) is 31.4. The Morgan fingerprint density at radius 3 is 2.62 bits per heavy atom. The Labute approximate surface area is 124 Å². The minimum Gasteiger partial charge on any atom is -0.462 e. The van der Waals surface area contributed by atoms with E-state index >= 15 is 0 Å². The third-order valence-corrected chi connectivity index (χ3v) is 5.11. The first kappa shape index (κ1) is 14.7. The summed E-state index contributed by atoms with van der Waals surface area (Å²) in [5.74, 6) is -1.26. The summed E-state index contributed by atoms with van der Waals surface area (Å²) >= 11 is 0. The van der Waals surface area contributed by atoms with E-state index in [1.54, 1.807) is 6.92 Å². The van der Waals surface area contributed by atoms with Gasteiger partial charge in [0, 0.05) is 18.3 Å². The van der Waals surface area contributed by atoms with Gasteiger partial charge < -0.3 is 14.2 Å². The van der Waals surface area contributed by atoms with Crippen LogP contribution in [0, 0.1) is 5.41 Å². The number of rotatable bonds is 2. The zero-order valence-electron chi connectivity index (χ0n) is 12.7. The van der Waals surface area contributed by atoms with Crippen LogP contribution >= 0.6 is 0 Å². The highest BCUT2D eigenvalue weighted by Crippen LogP contribution is 2.57. The molecule has 0 bridgehead atoms. The first-order valence-electron chi connectivity index (χ1n) is 7.76. The first-order valence-corrected chi connectivity index (χ1v) is 7.76. The van der Waals surface area contributed by atoms with Crippen LogP contribution in [0.15, 0.2) is 11.1 Å². The van der Waals surface area contributed by atoms with Gasteiger partial charge in [0.2, 0.25) is 0 Å². The van der Waals surface area contributed by atoms with Gasteiger partial charge in [0.25, 0.3) is 0 Å². The lowest BCUT2D eigenvalue weighted by molar-refractivity contribution is -0.237. The fourth-order valence-electron chi connectivity index (χ4n) is 4.04. The molecule has 0 aromatic carbocycles. The number of ether oxygens (including phenoxy) is 3. The Morgan fingerprint density at radius 1 is 1.24 bits per heavy atom. The Balaban J connectivity index is 2.08. The van der Waals surface area contributed by atoms with Gasteiger partial charge in [0.05, 0.1) is 19.8 Å². The molecular formula is C16H22O5. The van der Waals surface area contributed by atoms with Gasteiger partial charge in [-0.15, -0.1) is 0 Å². The van der Waals surface area contributed by atoms with Crippen molar-refractivity contribution in [2.75, 3.05) is 19.8 Å². The molecule has 2 aliphatic carbocycles. The third kappa shape index (κ3) is 2.06. The summed E-state index contributed by atoms with van der Waals surface area (Å²) < 4.78 is 17.0. The number of carbonyl (C=O) groups is 2. The summed E-state index contributed by atoms with van der Waals surface area (Å²) in [5, 5.41) is 0. The summed E-state index contributed by atoms with van der Waals surface area (Å²) in [6, 6.07) is 0. The van der Waals surface area contributed by atoms with Gasteiger partial charge in [-0.1, -0.05) is 6.92 Å². The molecule has 0 amide bonds. The second-order valence-electron chi connectivity index (χ2n) is 6.13. The van der Waals surface area contributed by atoms with Crippen LogP contribution in [0.4, 0.5) is 0 Å². The van der Waals surface area contributed by atoms with Gasteiger partial charge in [0.1, 0.15) is 5.57 Å². The lowest BCUT2D eigenvalue weighted by Crippen LogP contribution is -2.53. The Hall–Kier alpha value is -1.20. The number of carbonyl (C=O) groups excluding carboxylic acids is 2. The number of fused-ring (bicyclic) bond motifs is 2. The van der Waals surface area contributed by atoms with Crippen molar-refractivity contribution in [3.63, 3.8) is 0 Å². The molecule has 5 heteroatoms. The van der Waals surface area contributed by atoms with Crippen molar-refractivity contribution in [1.82, 2.24) is 0 Å². The standard InChI is InChI=1S/C16H22O5/c1-3-19-14(18)13-11-5-4-7-16(20-9-10-21-16)15(11,2)8-6-12(13)17/h3-10H2,1-2H3/t15-/m1/s1. The predicted octanol–water partition coefficient (Wildman–Crippen LogP) is 2.14. The van der Waals surface area contributed by atoms with E-state index in [4.69, 9.17) is 14.2 Å². The summed E-state index contributed by atoms with van der Waals surface area (Å²) in [6.45, 7) is 5.24. The summed E-state index contributed by atoms with van der Waals surface area (Å²) in [5.41, 5.74) is 0.728. The number of esters is 1. The smallest absolute Gasteiger partial charge is 0.341 e. The largest absolute Gasteiger partial charge is 0.462 e. The second kappa shape index (κ2) is 5.21. The van der Waals surface area contributed by atoms with Crippen LogP contribution in [0.5, 0.6) is 0 Å². The van der Waals surface area contributed by atoms with E-state index in [0.717, 1.165) is 24.8 Å². The average molecular weight is 294 g/mol. The van der Waals surface area contributed by atoms with Crippen LogP contribution in [0.1, 0.15) is 46.0 Å². The molecule has 2 fully saturated rings. The SMILES string of the molecule is CCOC(=O)C1=C2CCCC3(OCCO3)[C@]2(C)CCC1=O. The average Bonchev–Trinajstić information content (AvgIpc) is 2.92. The molecule has 0 aromatic rings. The lowest BCUT2D eigenvalue weighted by Gasteiger charge is -2.51. The first-order chi connectivity index (χ1) is 10.0. The molecule has 0 unspecified atom stereocenters. The zero-order chi connectivity index (χ0) is 15.1. The molecular weight excluding hydrogens is 272 g/mol. The van der Waals surface area contributed by atoms with Gasteiger partial charge in [-0.3, -0.25) is 4.79 Å². The highest BCUT2D eigenvalue weighted by Gasteiger charge is 2.59. The van der Waals surface area contributed by atoms with Crippen molar-refractivity contribution in [3.05, 3.63) is 11.1 Å². The molecule has 21 heavy (non-hydrogen) atoms. The highest BCUT2D eigenvalue weighted by molar-refractivity contribution is 6.18. The van der Waals surface area contributed by atoms with E-state index < -0.39 is 17.2 Å².